The van der Waals surface area contributed by atoms with Crippen LogP contribution in [0.3, 0.4) is 0 Å². The molecule has 0 amide bonds. The fourth-order valence-electron chi connectivity index (χ4n) is 2.37. The Hall–Kier alpha value is -1.31. The summed E-state index contributed by atoms with van der Waals surface area (Å²) in [5.41, 5.74) is 1.56. The van der Waals surface area contributed by atoms with Crippen molar-refractivity contribution in [3.63, 3.8) is 0 Å². The van der Waals surface area contributed by atoms with Crippen molar-refractivity contribution in [2.24, 2.45) is 0 Å². The lowest BCUT2D eigenvalue weighted by Crippen LogP contribution is -2.23. The van der Waals surface area contributed by atoms with Gasteiger partial charge in [-0.3, -0.25) is 0 Å². The molecule has 106 valence electrons. The molecule has 0 aromatic heterocycles. The van der Waals surface area contributed by atoms with E-state index >= 15 is 0 Å². The molecule has 0 bridgehead atoms. The van der Waals surface area contributed by atoms with E-state index in [9.17, 15) is 9.90 Å². The van der Waals surface area contributed by atoms with Crippen LogP contribution in [0.2, 0.25) is 0 Å². The van der Waals surface area contributed by atoms with Crippen LogP contribution >= 0.6 is 0 Å². The van der Waals surface area contributed by atoms with Gasteiger partial charge in [0.2, 0.25) is 0 Å². The van der Waals surface area contributed by atoms with E-state index in [-0.39, 0.29) is 11.0 Å². The summed E-state index contributed by atoms with van der Waals surface area (Å²) >= 11 is 0. The molecule has 0 aliphatic heterocycles. The highest BCUT2D eigenvalue weighted by molar-refractivity contribution is 5.85. The Morgan fingerprint density at radius 2 is 1.63 bits per heavy atom. The molecule has 1 aromatic rings. The number of rotatable bonds is 8. The van der Waals surface area contributed by atoms with Crippen molar-refractivity contribution in [1.29, 1.82) is 0 Å². The lowest BCUT2D eigenvalue weighted by molar-refractivity contribution is -0.255. The second kappa shape index (κ2) is 7.32. The van der Waals surface area contributed by atoms with Crippen LogP contribution < -0.4 is 5.11 Å². The number of carboxylic acids is 1. The lowest BCUT2D eigenvalue weighted by atomic mass is 9.79. The molecule has 0 atom stereocenters. The highest BCUT2D eigenvalue weighted by Crippen LogP contribution is 2.29. The van der Waals surface area contributed by atoms with Crippen molar-refractivity contribution < 1.29 is 9.90 Å². The zero-order valence-corrected chi connectivity index (χ0v) is 12.4. The first-order valence-electron chi connectivity index (χ1n) is 7.29. The van der Waals surface area contributed by atoms with Gasteiger partial charge in [0.25, 0.3) is 0 Å². The van der Waals surface area contributed by atoms with Gasteiger partial charge in [-0.1, -0.05) is 77.1 Å². The molecule has 2 heteroatoms. The van der Waals surface area contributed by atoms with Crippen LogP contribution in [0.25, 0.3) is 0 Å². The van der Waals surface area contributed by atoms with Gasteiger partial charge in [-0.15, -0.1) is 0 Å². The van der Waals surface area contributed by atoms with Crippen molar-refractivity contribution in [2.45, 2.75) is 64.7 Å². The van der Waals surface area contributed by atoms with Crippen molar-refractivity contribution in [2.75, 3.05) is 0 Å². The molecule has 0 unspecified atom stereocenters. The quantitative estimate of drug-likeness (QED) is 0.670. The van der Waals surface area contributed by atoms with E-state index < -0.39 is 5.97 Å². The van der Waals surface area contributed by atoms with Gasteiger partial charge in [0.1, 0.15) is 0 Å². The van der Waals surface area contributed by atoms with Crippen LogP contribution in [-0.4, -0.2) is 5.97 Å². The number of hydrogen-bond donors (Lipinski definition) is 0. The second-order valence-corrected chi connectivity index (χ2v) is 5.91. The first kappa shape index (κ1) is 15.7. The predicted octanol–water partition coefficient (Wildman–Crippen LogP) is 3.69. The summed E-state index contributed by atoms with van der Waals surface area (Å²) in [6.07, 6.45) is 7.57. The highest BCUT2D eigenvalue weighted by atomic mass is 16.4. The molecule has 0 spiro atoms. The second-order valence-electron chi connectivity index (χ2n) is 5.91. The Bertz CT molecular complexity index is 390. The lowest BCUT2D eigenvalue weighted by Gasteiger charge is -2.25. The molecule has 1 rings (SSSR count). The van der Waals surface area contributed by atoms with E-state index in [1.54, 1.807) is 12.1 Å². The standard InChI is InChI=1S/C17H26O2/c1-4-5-6-7-8-13-17(2,3)15-11-9-14(10-12-15)16(18)19/h9-12H,4-8,13H2,1-3H3,(H,18,19)/p-1. The van der Waals surface area contributed by atoms with Gasteiger partial charge in [0, 0.05) is 0 Å². The van der Waals surface area contributed by atoms with E-state index in [1.807, 2.05) is 12.1 Å². The van der Waals surface area contributed by atoms with Crippen molar-refractivity contribution in [3.05, 3.63) is 35.4 Å². The SMILES string of the molecule is CCCCCCCC(C)(C)c1ccc(C(=O)[O-])cc1. The van der Waals surface area contributed by atoms with Crippen LogP contribution in [0, 0.1) is 0 Å². The van der Waals surface area contributed by atoms with Crippen LogP contribution in [0.1, 0.15) is 75.2 Å². The van der Waals surface area contributed by atoms with Crippen LogP contribution in [0.4, 0.5) is 0 Å². The Morgan fingerprint density at radius 1 is 1.05 bits per heavy atom. The summed E-state index contributed by atoms with van der Waals surface area (Å²) in [6.45, 7) is 6.67. The maximum atomic E-state index is 10.7. The molecule has 0 aliphatic carbocycles. The van der Waals surface area contributed by atoms with Gasteiger partial charge in [0.05, 0.1) is 5.97 Å². The molecule has 0 N–H and O–H groups in total. The normalized spacial score (nSPS) is 11.5. The minimum atomic E-state index is -1.11. The van der Waals surface area contributed by atoms with E-state index in [1.165, 1.54) is 37.7 Å². The van der Waals surface area contributed by atoms with Crippen LogP contribution in [0.5, 0.6) is 0 Å². The topological polar surface area (TPSA) is 40.1 Å². The van der Waals surface area contributed by atoms with Gasteiger partial charge >= 0.3 is 0 Å². The average molecular weight is 261 g/mol. The van der Waals surface area contributed by atoms with E-state index in [2.05, 4.69) is 20.8 Å². The number of unbranched alkanes of at least 4 members (excludes halogenated alkanes) is 4. The largest absolute Gasteiger partial charge is 0.545 e. The molecule has 0 radical (unpaired) electrons. The molecule has 1 aromatic carbocycles. The van der Waals surface area contributed by atoms with E-state index in [4.69, 9.17) is 0 Å². The minimum absolute atomic E-state index is 0.108. The Balaban J connectivity index is 2.53. The average Bonchev–Trinajstić information content (AvgIpc) is 2.38. The third-order valence-electron chi connectivity index (χ3n) is 3.81. The molecule has 0 aliphatic rings. The zero-order chi connectivity index (χ0) is 14.3. The number of carbonyl (C=O) groups excluding carboxylic acids is 1. The molecular formula is C17H25O2-. The molecule has 0 fully saturated rings. The van der Waals surface area contributed by atoms with Gasteiger partial charge in [0.15, 0.2) is 0 Å². The first-order valence-corrected chi connectivity index (χ1v) is 7.29. The monoisotopic (exact) mass is 261 g/mol. The minimum Gasteiger partial charge on any atom is -0.545 e. The fraction of sp³-hybridized carbons (Fsp3) is 0.588. The van der Waals surface area contributed by atoms with Gasteiger partial charge < -0.3 is 9.90 Å². The molecule has 0 heterocycles. The summed E-state index contributed by atoms with van der Waals surface area (Å²) in [4.78, 5) is 10.7. The summed E-state index contributed by atoms with van der Waals surface area (Å²) < 4.78 is 0. The fourth-order valence-corrected chi connectivity index (χ4v) is 2.37. The Kier molecular flexibility index (Phi) is 6.07. The van der Waals surface area contributed by atoms with E-state index in [0.717, 1.165) is 6.42 Å². The van der Waals surface area contributed by atoms with Crippen molar-refractivity contribution in [1.82, 2.24) is 0 Å². The van der Waals surface area contributed by atoms with Crippen molar-refractivity contribution >= 4 is 5.97 Å². The molecule has 0 saturated carbocycles. The van der Waals surface area contributed by atoms with Gasteiger partial charge in [-0.25, -0.2) is 0 Å². The number of aromatic carboxylic acids is 1. The summed E-state index contributed by atoms with van der Waals surface area (Å²) in [7, 11) is 0. The summed E-state index contributed by atoms with van der Waals surface area (Å²) in [5, 5.41) is 10.7. The Morgan fingerprint density at radius 3 is 2.16 bits per heavy atom. The Labute approximate surface area is 116 Å². The number of benzene rings is 1. The van der Waals surface area contributed by atoms with Crippen LogP contribution in [0.15, 0.2) is 24.3 Å². The highest BCUT2D eigenvalue weighted by Gasteiger charge is 2.19. The number of carboxylic acid groups (broad SMARTS) is 1. The number of carbonyl (C=O) groups is 1. The van der Waals surface area contributed by atoms with Crippen LogP contribution in [-0.2, 0) is 5.41 Å². The van der Waals surface area contributed by atoms with Crippen molar-refractivity contribution in [3.8, 4) is 0 Å². The third-order valence-corrected chi connectivity index (χ3v) is 3.81. The molecule has 2 nitrogen and oxygen atoms in total. The van der Waals surface area contributed by atoms with Gasteiger partial charge in [-0.2, -0.15) is 0 Å². The van der Waals surface area contributed by atoms with E-state index in [0.29, 0.717) is 0 Å². The predicted molar refractivity (Wildman–Crippen MR) is 77.2 cm³/mol. The molecule has 0 saturated heterocycles. The smallest absolute Gasteiger partial charge is 0.0715 e. The summed E-state index contributed by atoms with van der Waals surface area (Å²) in [6, 6.07) is 7.11. The summed E-state index contributed by atoms with van der Waals surface area (Å²) in [5.74, 6) is -1.11. The zero-order valence-electron chi connectivity index (χ0n) is 12.4. The maximum absolute atomic E-state index is 10.7. The molecular weight excluding hydrogens is 236 g/mol. The third kappa shape index (κ3) is 5.06. The maximum Gasteiger partial charge on any atom is 0.0715 e. The molecule has 19 heavy (non-hydrogen) atoms. The first-order chi connectivity index (χ1) is 8.97. The number of hydrogen-bond acceptors (Lipinski definition) is 2. The van der Waals surface area contributed by atoms with Gasteiger partial charge in [-0.05, 0) is 23.0 Å².